The number of hydrogen-bond acceptors (Lipinski definition) is 5. The summed E-state index contributed by atoms with van der Waals surface area (Å²) in [6, 6.07) is 18.8. The smallest absolute Gasteiger partial charge is 0.251 e. The van der Waals surface area contributed by atoms with Crippen molar-refractivity contribution in [3.05, 3.63) is 89.2 Å². The Morgan fingerprint density at radius 1 is 1.09 bits per heavy atom. The minimum atomic E-state index is -0.441. The molecule has 1 atom stereocenters. The summed E-state index contributed by atoms with van der Waals surface area (Å²) in [6.07, 6.45) is 0. The van der Waals surface area contributed by atoms with Crippen molar-refractivity contribution in [1.82, 2.24) is 5.32 Å². The number of rotatable bonds is 8. The van der Waals surface area contributed by atoms with Gasteiger partial charge in [-0.05, 0) is 47.5 Å². The second-order valence-corrected chi connectivity index (χ2v) is 8.61. The molecule has 0 spiro atoms. The standard InChI is InChI=1S/C25H24FN3O3S/c1-32-19-9-6-16(7-10-19)13-27-24(30)17-8-11-21-22(12-17)29-25(31)23(28-21)15-33-14-18-4-2-3-5-20(18)26/h2-12,23,28H,13-15H2,1H3,(H,27,30)(H,29,31). The van der Waals surface area contributed by atoms with Gasteiger partial charge in [-0.1, -0.05) is 30.3 Å². The van der Waals surface area contributed by atoms with Crippen LogP contribution in [0.1, 0.15) is 21.5 Å². The number of nitrogens with one attached hydrogen (secondary N) is 3. The predicted octanol–water partition coefficient (Wildman–Crippen LogP) is 4.43. The maximum Gasteiger partial charge on any atom is 0.251 e. The third kappa shape index (κ3) is 5.64. The summed E-state index contributed by atoms with van der Waals surface area (Å²) in [6.45, 7) is 0.381. The number of hydrogen-bond donors (Lipinski definition) is 3. The molecule has 3 aromatic rings. The molecular weight excluding hydrogens is 441 g/mol. The van der Waals surface area contributed by atoms with Gasteiger partial charge in [0.05, 0.1) is 18.5 Å². The van der Waals surface area contributed by atoms with Crippen LogP contribution in [0.15, 0.2) is 66.7 Å². The molecule has 1 heterocycles. The second kappa shape index (κ2) is 10.4. The highest BCUT2D eigenvalue weighted by Crippen LogP contribution is 2.29. The number of thioether (sulfide) groups is 1. The Hall–Kier alpha value is -3.52. The fourth-order valence-corrected chi connectivity index (χ4v) is 4.48. The Balaban J connectivity index is 1.33. The monoisotopic (exact) mass is 465 g/mol. The van der Waals surface area contributed by atoms with E-state index < -0.39 is 6.04 Å². The number of carbonyl (C=O) groups is 2. The Morgan fingerprint density at radius 2 is 1.88 bits per heavy atom. The van der Waals surface area contributed by atoms with E-state index in [0.717, 1.165) is 17.0 Å². The van der Waals surface area contributed by atoms with Crippen molar-refractivity contribution in [1.29, 1.82) is 0 Å². The lowest BCUT2D eigenvalue weighted by molar-refractivity contribution is -0.116. The van der Waals surface area contributed by atoms with Gasteiger partial charge in [0.15, 0.2) is 0 Å². The Labute approximate surface area is 195 Å². The minimum Gasteiger partial charge on any atom is -0.497 e. The van der Waals surface area contributed by atoms with E-state index in [4.69, 9.17) is 4.74 Å². The van der Waals surface area contributed by atoms with E-state index in [1.807, 2.05) is 24.3 Å². The summed E-state index contributed by atoms with van der Waals surface area (Å²) in [5, 5.41) is 8.96. The molecule has 170 valence electrons. The summed E-state index contributed by atoms with van der Waals surface area (Å²) >= 11 is 1.48. The van der Waals surface area contributed by atoms with Gasteiger partial charge in [-0.25, -0.2) is 4.39 Å². The van der Waals surface area contributed by atoms with Crippen molar-refractivity contribution in [3.63, 3.8) is 0 Å². The molecule has 2 amide bonds. The molecule has 0 fully saturated rings. The van der Waals surface area contributed by atoms with E-state index in [1.54, 1.807) is 43.5 Å². The highest BCUT2D eigenvalue weighted by molar-refractivity contribution is 7.98. The lowest BCUT2D eigenvalue weighted by Gasteiger charge is -2.27. The molecule has 1 aliphatic rings. The van der Waals surface area contributed by atoms with Crippen LogP contribution in [0.4, 0.5) is 15.8 Å². The fourth-order valence-electron chi connectivity index (χ4n) is 3.44. The fraction of sp³-hybridized carbons (Fsp3) is 0.200. The first-order valence-corrected chi connectivity index (χ1v) is 11.6. The van der Waals surface area contributed by atoms with Crippen LogP contribution in [0, 0.1) is 5.82 Å². The van der Waals surface area contributed by atoms with Gasteiger partial charge in [-0.2, -0.15) is 11.8 Å². The van der Waals surface area contributed by atoms with Crippen molar-refractivity contribution in [2.75, 3.05) is 23.5 Å². The highest BCUT2D eigenvalue weighted by Gasteiger charge is 2.26. The molecule has 6 nitrogen and oxygen atoms in total. The van der Waals surface area contributed by atoms with Crippen molar-refractivity contribution < 1.29 is 18.7 Å². The normalized spacial score (nSPS) is 14.6. The Kier molecular flexibility index (Phi) is 7.14. The molecule has 0 aromatic heterocycles. The number of anilines is 2. The molecule has 1 aliphatic heterocycles. The van der Waals surface area contributed by atoms with Crippen LogP contribution in [0.5, 0.6) is 5.75 Å². The van der Waals surface area contributed by atoms with Crippen LogP contribution in [0.2, 0.25) is 0 Å². The predicted molar refractivity (Wildman–Crippen MR) is 129 cm³/mol. The first kappa shape index (κ1) is 22.7. The van der Waals surface area contributed by atoms with E-state index in [2.05, 4.69) is 16.0 Å². The number of carbonyl (C=O) groups excluding carboxylic acids is 2. The van der Waals surface area contributed by atoms with E-state index in [9.17, 15) is 14.0 Å². The molecule has 0 bridgehead atoms. The molecule has 0 aliphatic carbocycles. The molecule has 0 saturated heterocycles. The van der Waals surface area contributed by atoms with Crippen LogP contribution >= 0.6 is 11.8 Å². The lowest BCUT2D eigenvalue weighted by atomic mass is 10.1. The number of benzene rings is 3. The Morgan fingerprint density at radius 3 is 2.64 bits per heavy atom. The first-order chi connectivity index (χ1) is 16.0. The topological polar surface area (TPSA) is 79.5 Å². The van der Waals surface area contributed by atoms with Crippen molar-refractivity contribution in [3.8, 4) is 5.75 Å². The number of amides is 2. The van der Waals surface area contributed by atoms with E-state index >= 15 is 0 Å². The molecule has 1 unspecified atom stereocenters. The number of fused-ring (bicyclic) bond motifs is 1. The average Bonchev–Trinajstić information content (AvgIpc) is 2.84. The summed E-state index contributed by atoms with van der Waals surface area (Å²) < 4.78 is 18.9. The van der Waals surface area contributed by atoms with Crippen LogP contribution in [-0.2, 0) is 17.1 Å². The van der Waals surface area contributed by atoms with Gasteiger partial charge >= 0.3 is 0 Å². The molecule has 3 aromatic carbocycles. The van der Waals surface area contributed by atoms with Gasteiger partial charge in [-0.3, -0.25) is 9.59 Å². The SMILES string of the molecule is COc1ccc(CNC(=O)c2ccc3c(c2)NC(=O)C(CSCc2ccccc2F)N3)cc1. The van der Waals surface area contributed by atoms with Crippen LogP contribution in [-0.4, -0.2) is 30.7 Å². The van der Waals surface area contributed by atoms with E-state index in [-0.39, 0.29) is 17.6 Å². The third-order valence-electron chi connectivity index (χ3n) is 5.30. The molecule has 4 rings (SSSR count). The minimum absolute atomic E-state index is 0.181. The van der Waals surface area contributed by atoms with Crippen LogP contribution < -0.4 is 20.7 Å². The number of methoxy groups -OCH3 is 1. The van der Waals surface area contributed by atoms with Gasteiger partial charge in [0, 0.05) is 23.6 Å². The average molecular weight is 466 g/mol. The van der Waals surface area contributed by atoms with Gasteiger partial charge in [0.2, 0.25) is 5.91 Å². The van der Waals surface area contributed by atoms with Crippen molar-refractivity contribution in [2.45, 2.75) is 18.3 Å². The molecule has 3 N–H and O–H groups in total. The van der Waals surface area contributed by atoms with Gasteiger partial charge in [-0.15, -0.1) is 0 Å². The first-order valence-electron chi connectivity index (χ1n) is 10.5. The summed E-state index contributed by atoms with van der Waals surface area (Å²) in [5.74, 6) is 1.08. The second-order valence-electron chi connectivity index (χ2n) is 7.58. The largest absolute Gasteiger partial charge is 0.497 e. The van der Waals surface area contributed by atoms with Crippen LogP contribution in [0.25, 0.3) is 0 Å². The lowest BCUT2D eigenvalue weighted by Crippen LogP contribution is -2.40. The van der Waals surface area contributed by atoms with Crippen molar-refractivity contribution >= 4 is 35.0 Å². The summed E-state index contributed by atoms with van der Waals surface area (Å²) in [5.41, 5.74) is 3.33. The van der Waals surface area contributed by atoms with Gasteiger partial charge in [0.25, 0.3) is 5.91 Å². The van der Waals surface area contributed by atoms with Crippen molar-refractivity contribution in [2.24, 2.45) is 0 Å². The summed E-state index contributed by atoms with van der Waals surface area (Å²) in [7, 11) is 1.60. The molecule has 0 saturated carbocycles. The maximum atomic E-state index is 13.8. The zero-order valence-electron chi connectivity index (χ0n) is 18.1. The molecular formula is C25H24FN3O3S. The quantitative estimate of drug-likeness (QED) is 0.459. The molecule has 33 heavy (non-hydrogen) atoms. The van der Waals surface area contributed by atoms with E-state index in [1.165, 1.54) is 17.8 Å². The summed E-state index contributed by atoms with van der Waals surface area (Å²) in [4.78, 5) is 25.1. The zero-order valence-corrected chi connectivity index (χ0v) is 18.9. The number of ether oxygens (including phenoxy) is 1. The van der Waals surface area contributed by atoms with E-state index in [0.29, 0.717) is 34.9 Å². The third-order valence-corrected chi connectivity index (χ3v) is 6.38. The maximum absolute atomic E-state index is 13.8. The Bertz CT molecular complexity index is 1150. The highest BCUT2D eigenvalue weighted by atomic mass is 32.2. The molecule has 0 radical (unpaired) electrons. The van der Waals surface area contributed by atoms with Gasteiger partial charge < -0.3 is 20.7 Å². The van der Waals surface area contributed by atoms with Gasteiger partial charge in [0.1, 0.15) is 17.6 Å². The molecule has 8 heteroatoms. The van der Waals surface area contributed by atoms with Crippen LogP contribution in [0.3, 0.4) is 0 Å². The number of halogens is 1. The zero-order chi connectivity index (χ0) is 23.2.